The van der Waals surface area contributed by atoms with Crippen molar-refractivity contribution in [3.05, 3.63) is 42.0 Å². The fraction of sp³-hybridized carbons (Fsp3) is 0.438. The Morgan fingerprint density at radius 1 is 1.26 bits per heavy atom. The molecule has 1 unspecified atom stereocenters. The van der Waals surface area contributed by atoms with Gasteiger partial charge < -0.3 is 11.1 Å². The molecule has 3 N–H and O–H groups in total. The third-order valence-corrected chi connectivity index (χ3v) is 3.80. The second-order valence-electron chi connectivity index (χ2n) is 5.70. The summed E-state index contributed by atoms with van der Waals surface area (Å²) < 4.78 is 0. The van der Waals surface area contributed by atoms with Crippen molar-refractivity contribution in [1.82, 2.24) is 5.32 Å². The second-order valence-corrected chi connectivity index (χ2v) is 5.70. The highest BCUT2D eigenvalue weighted by Gasteiger charge is 2.31. The van der Waals surface area contributed by atoms with E-state index in [-0.39, 0.29) is 11.9 Å². The predicted molar refractivity (Wildman–Crippen MR) is 78.8 cm³/mol. The molecule has 1 aromatic carbocycles. The average Bonchev–Trinajstić information content (AvgIpc) is 2.40. The number of nitrogen functional groups attached to an aromatic ring is 1. The Morgan fingerprint density at radius 2 is 1.95 bits per heavy atom. The molecule has 1 atom stereocenters. The van der Waals surface area contributed by atoms with E-state index in [9.17, 15) is 4.79 Å². The van der Waals surface area contributed by atoms with Crippen LogP contribution in [0.1, 0.15) is 38.7 Å². The SMILES string of the molecule is CC(C)(C(=O)NC1CC=CCC1)c1ccc(N)cc1. The number of carbonyl (C=O) groups is 1. The van der Waals surface area contributed by atoms with E-state index in [1.54, 1.807) is 0 Å². The molecule has 0 spiro atoms. The van der Waals surface area contributed by atoms with Gasteiger partial charge in [-0.15, -0.1) is 0 Å². The minimum atomic E-state index is -0.533. The highest BCUT2D eigenvalue weighted by molar-refractivity contribution is 5.87. The number of nitrogens with one attached hydrogen (secondary N) is 1. The summed E-state index contributed by atoms with van der Waals surface area (Å²) in [4.78, 5) is 12.5. The Labute approximate surface area is 114 Å². The zero-order valence-electron chi connectivity index (χ0n) is 11.6. The van der Waals surface area contributed by atoms with Crippen LogP contribution in [-0.4, -0.2) is 11.9 Å². The van der Waals surface area contributed by atoms with Crippen LogP contribution in [0.3, 0.4) is 0 Å². The number of benzene rings is 1. The monoisotopic (exact) mass is 258 g/mol. The van der Waals surface area contributed by atoms with Crippen LogP contribution in [0.25, 0.3) is 0 Å². The molecule has 19 heavy (non-hydrogen) atoms. The van der Waals surface area contributed by atoms with Crippen LogP contribution >= 0.6 is 0 Å². The van der Waals surface area contributed by atoms with E-state index in [1.807, 2.05) is 38.1 Å². The van der Waals surface area contributed by atoms with Gasteiger partial charge in [0, 0.05) is 11.7 Å². The summed E-state index contributed by atoms with van der Waals surface area (Å²) in [5.41, 5.74) is 6.87. The van der Waals surface area contributed by atoms with Crippen molar-refractivity contribution in [3.8, 4) is 0 Å². The van der Waals surface area contributed by atoms with Crippen LogP contribution in [0.5, 0.6) is 0 Å². The molecule has 0 saturated carbocycles. The zero-order chi connectivity index (χ0) is 13.9. The Hall–Kier alpha value is -1.77. The van der Waals surface area contributed by atoms with Gasteiger partial charge in [0.05, 0.1) is 5.41 Å². The van der Waals surface area contributed by atoms with Crippen molar-refractivity contribution in [3.63, 3.8) is 0 Å². The first-order valence-electron chi connectivity index (χ1n) is 6.82. The second kappa shape index (κ2) is 5.47. The smallest absolute Gasteiger partial charge is 0.230 e. The van der Waals surface area contributed by atoms with E-state index in [4.69, 9.17) is 5.73 Å². The Kier molecular flexibility index (Phi) is 3.93. The largest absolute Gasteiger partial charge is 0.399 e. The maximum atomic E-state index is 12.5. The van der Waals surface area contributed by atoms with Crippen LogP contribution in [0.15, 0.2) is 36.4 Å². The number of allylic oxidation sites excluding steroid dienone is 1. The topological polar surface area (TPSA) is 55.1 Å². The van der Waals surface area contributed by atoms with Gasteiger partial charge in [0.15, 0.2) is 0 Å². The van der Waals surface area contributed by atoms with Gasteiger partial charge in [-0.2, -0.15) is 0 Å². The normalized spacial score (nSPS) is 19.2. The average molecular weight is 258 g/mol. The zero-order valence-corrected chi connectivity index (χ0v) is 11.6. The third-order valence-electron chi connectivity index (χ3n) is 3.80. The highest BCUT2D eigenvalue weighted by atomic mass is 16.2. The third kappa shape index (κ3) is 3.16. The Balaban J connectivity index is 2.07. The van der Waals surface area contributed by atoms with E-state index in [1.165, 1.54) is 0 Å². The van der Waals surface area contributed by atoms with Crippen LogP contribution in [-0.2, 0) is 10.2 Å². The maximum Gasteiger partial charge on any atom is 0.230 e. The van der Waals surface area contributed by atoms with Gasteiger partial charge in [-0.3, -0.25) is 4.79 Å². The van der Waals surface area contributed by atoms with E-state index in [0.29, 0.717) is 0 Å². The lowest BCUT2D eigenvalue weighted by atomic mass is 9.83. The number of amides is 1. The number of hydrogen-bond donors (Lipinski definition) is 2. The summed E-state index contributed by atoms with van der Waals surface area (Å²) in [6.45, 7) is 3.90. The molecule has 1 aliphatic carbocycles. The first-order valence-corrected chi connectivity index (χ1v) is 6.82. The van der Waals surface area contributed by atoms with Crippen molar-refractivity contribution in [2.75, 3.05) is 5.73 Å². The van der Waals surface area contributed by atoms with E-state index < -0.39 is 5.41 Å². The first-order chi connectivity index (χ1) is 9.00. The van der Waals surface area contributed by atoms with Crippen molar-refractivity contribution in [1.29, 1.82) is 0 Å². The minimum absolute atomic E-state index is 0.0811. The fourth-order valence-electron chi connectivity index (χ4n) is 2.32. The molecule has 102 valence electrons. The minimum Gasteiger partial charge on any atom is -0.399 e. The van der Waals surface area contributed by atoms with Crippen LogP contribution in [0, 0.1) is 0 Å². The lowest BCUT2D eigenvalue weighted by Crippen LogP contribution is -2.45. The highest BCUT2D eigenvalue weighted by Crippen LogP contribution is 2.25. The molecule has 0 heterocycles. The van der Waals surface area contributed by atoms with Gasteiger partial charge in [-0.25, -0.2) is 0 Å². The van der Waals surface area contributed by atoms with Crippen LogP contribution in [0.4, 0.5) is 5.69 Å². The molecule has 3 heteroatoms. The van der Waals surface area contributed by atoms with E-state index >= 15 is 0 Å². The van der Waals surface area contributed by atoms with E-state index in [2.05, 4.69) is 17.5 Å². The van der Waals surface area contributed by atoms with Crippen LogP contribution < -0.4 is 11.1 Å². The van der Waals surface area contributed by atoms with Gasteiger partial charge in [0.1, 0.15) is 0 Å². The summed E-state index contributed by atoms with van der Waals surface area (Å²) in [6, 6.07) is 7.80. The first kappa shape index (κ1) is 13.7. The molecular formula is C16H22N2O. The molecule has 0 radical (unpaired) electrons. The summed E-state index contributed by atoms with van der Waals surface area (Å²) in [7, 11) is 0. The quantitative estimate of drug-likeness (QED) is 0.647. The van der Waals surface area contributed by atoms with Crippen molar-refractivity contribution in [2.45, 2.75) is 44.6 Å². The van der Waals surface area contributed by atoms with Crippen LogP contribution in [0.2, 0.25) is 0 Å². The molecule has 0 aliphatic heterocycles. The summed E-state index contributed by atoms with van der Waals surface area (Å²) in [5, 5.41) is 3.15. The Bertz CT molecular complexity index is 474. The molecule has 0 bridgehead atoms. The number of hydrogen-bond acceptors (Lipinski definition) is 2. The van der Waals surface area contributed by atoms with Gasteiger partial charge in [0.25, 0.3) is 0 Å². The number of rotatable bonds is 3. The molecule has 2 rings (SSSR count). The molecular weight excluding hydrogens is 236 g/mol. The van der Waals surface area contributed by atoms with Gasteiger partial charge in [-0.1, -0.05) is 24.3 Å². The lowest BCUT2D eigenvalue weighted by Gasteiger charge is -2.28. The fourth-order valence-corrected chi connectivity index (χ4v) is 2.32. The standard InChI is InChI=1S/C16H22N2O/c1-16(2,12-8-10-13(17)11-9-12)15(19)18-14-6-4-3-5-7-14/h3-4,8-11,14H,5-7,17H2,1-2H3,(H,18,19). The van der Waals surface area contributed by atoms with Gasteiger partial charge in [0.2, 0.25) is 5.91 Å². The predicted octanol–water partition coefficient (Wildman–Crippen LogP) is 2.77. The molecule has 0 fully saturated rings. The van der Waals surface area contributed by atoms with Crippen molar-refractivity contribution < 1.29 is 4.79 Å². The van der Waals surface area contributed by atoms with Crippen molar-refractivity contribution >= 4 is 11.6 Å². The number of carbonyl (C=O) groups excluding carboxylic acids is 1. The number of anilines is 1. The number of nitrogens with two attached hydrogens (primary N) is 1. The Morgan fingerprint density at radius 3 is 2.53 bits per heavy atom. The molecule has 1 aliphatic rings. The van der Waals surface area contributed by atoms with Gasteiger partial charge in [-0.05, 0) is 50.8 Å². The molecule has 1 amide bonds. The lowest BCUT2D eigenvalue weighted by molar-refractivity contribution is -0.126. The molecule has 3 nitrogen and oxygen atoms in total. The van der Waals surface area contributed by atoms with Crippen molar-refractivity contribution in [2.24, 2.45) is 0 Å². The molecule has 0 saturated heterocycles. The maximum absolute atomic E-state index is 12.5. The molecule has 1 aromatic rings. The summed E-state index contributed by atoms with van der Waals surface area (Å²) in [5.74, 6) is 0.0811. The summed E-state index contributed by atoms with van der Waals surface area (Å²) >= 11 is 0. The summed E-state index contributed by atoms with van der Waals surface area (Å²) in [6.07, 6.45) is 7.33. The van der Waals surface area contributed by atoms with Gasteiger partial charge >= 0.3 is 0 Å². The van der Waals surface area contributed by atoms with E-state index in [0.717, 1.165) is 30.5 Å². The molecule has 0 aromatic heterocycles.